The van der Waals surface area contributed by atoms with Crippen molar-refractivity contribution in [2.75, 3.05) is 5.32 Å². The number of carbonyl (C=O) groups excluding carboxylic acids is 1. The summed E-state index contributed by atoms with van der Waals surface area (Å²) in [5.41, 5.74) is 1.42. The molecule has 1 aliphatic rings. The van der Waals surface area contributed by atoms with Gasteiger partial charge in [-0.2, -0.15) is 0 Å². The highest BCUT2D eigenvalue weighted by atomic mass is 79.9. The Morgan fingerprint density at radius 2 is 1.73 bits per heavy atom. The third kappa shape index (κ3) is 2.19. The van der Waals surface area contributed by atoms with E-state index in [-0.39, 0.29) is 5.78 Å². The topological polar surface area (TPSA) is 29.1 Å². The van der Waals surface area contributed by atoms with Gasteiger partial charge >= 0.3 is 0 Å². The molecule has 4 heteroatoms. The Morgan fingerprint density at radius 3 is 2.36 bits per heavy atom. The van der Waals surface area contributed by atoms with Crippen LogP contribution < -0.4 is 5.32 Å². The van der Waals surface area contributed by atoms with Gasteiger partial charge in [-0.05, 0) is 60.0 Å². The molecule has 0 aromatic heterocycles. The lowest BCUT2D eigenvalue weighted by Crippen LogP contribution is -2.55. The van der Waals surface area contributed by atoms with Crippen LogP contribution in [0.15, 0.2) is 46.9 Å². The maximum atomic E-state index is 13.2. The minimum Gasteiger partial charge on any atom is -0.372 e. The summed E-state index contributed by atoms with van der Waals surface area (Å²) in [4.78, 5) is 13.2. The molecule has 1 heterocycles. The molecule has 0 spiro atoms. The van der Waals surface area contributed by atoms with Crippen molar-refractivity contribution in [1.82, 2.24) is 0 Å². The molecule has 3 rings (SSSR count). The van der Waals surface area contributed by atoms with Crippen LogP contribution in [0.1, 0.15) is 31.9 Å². The average Bonchev–Trinajstić information content (AvgIpc) is 2.48. The number of benzene rings is 2. The van der Waals surface area contributed by atoms with Crippen LogP contribution in [0.25, 0.3) is 0 Å². The van der Waals surface area contributed by atoms with Crippen LogP contribution in [-0.4, -0.2) is 11.3 Å². The summed E-state index contributed by atoms with van der Waals surface area (Å²) in [6, 6.07) is 13.6. The number of halogens is 2. The van der Waals surface area contributed by atoms with Crippen LogP contribution in [0.2, 0.25) is 5.02 Å². The molecule has 1 N–H and O–H groups in total. The van der Waals surface area contributed by atoms with E-state index in [1.165, 1.54) is 0 Å². The van der Waals surface area contributed by atoms with Gasteiger partial charge in [0.2, 0.25) is 0 Å². The average molecular weight is 379 g/mol. The van der Waals surface area contributed by atoms with E-state index >= 15 is 0 Å². The summed E-state index contributed by atoms with van der Waals surface area (Å²) < 4.78 is 0.873. The smallest absolute Gasteiger partial charge is 0.172 e. The zero-order valence-electron chi connectivity index (χ0n) is 12.7. The number of Topliss-reactive ketones (excluding diaryl/α,β-unsaturated/α-hetero) is 1. The van der Waals surface area contributed by atoms with Crippen LogP contribution in [0, 0.1) is 0 Å². The third-order valence-corrected chi connectivity index (χ3v) is 5.25. The number of anilines is 1. The molecule has 0 radical (unpaired) electrons. The Balaban J connectivity index is 2.37. The summed E-state index contributed by atoms with van der Waals surface area (Å²) in [5, 5.41) is 3.96. The molecule has 1 atom stereocenters. The SMILES string of the molecule is CC1(C)Nc2c(Br)cc(Cl)cc2C(C)(c2ccccc2)C1=O. The van der Waals surface area contributed by atoms with Gasteiger partial charge in [0.25, 0.3) is 0 Å². The third-order valence-electron chi connectivity index (χ3n) is 4.40. The van der Waals surface area contributed by atoms with Gasteiger partial charge in [-0.25, -0.2) is 0 Å². The van der Waals surface area contributed by atoms with Crippen LogP contribution >= 0.6 is 27.5 Å². The number of rotatable bonds is 1. The number of ketones is 1. The van der Waals surface area contributed by atoms with Gasteiger partial charge < -0.3 is 5.32 Å². The molecule has 2 aromatic carbocycles. The van der Waals surface area contributed by atoms with Crippen molar-refractivity contribution in [1.29, 1.82) is 0 Å². The maximum absolute atomic E-state index is 13.2. The van der Waals surface area contributed by atoms with E-state index in [9.17, 15) is 4.79 Å². The molecule has 22 heavy (non-hydrogen) atoms. The van der Waals surface area contributed by atoms with E-state index in [4.69, 9.17) is 11.6 Å². The molecule has 0 saturated heterocycles. The van der Waals surface area contributed by atoms with Crippen LogP contribution in [0.4, 0.5) is 5.69 Å². The molecule has 1 aliphatic heterocycles. The molecule has 0 amide bonds. The molecule has 2 aromatic rings. The fraction of sp³-hybridized carbons (Fsp3) is 0.278. The summed E-state index contributed by atoms with van der Waals surface area (Å²) >= 11 is 9.82. The first kappa shape index (κ1) is 15.6. The van der Waals surface area contributed by atoms with E-state index in [0.29, 0.717) is 5.02 Å². The molecule has 0 bridgehead atoms. The van der Waals surface area contributed by atoms with Crippen molar-refractivity contribution in [3.63, 3.8) is 0 Å². The van der Waals surface area contributed by atoms with Gasteiger partial charge in [-0.3, -0.25) is 4.79 Å². The first-order valence-electron chi connectivity index (χ1n) is 7.15. The fourth-order valence-electron chi connectivity index (χ4n) is 3.27. The van der Waals surface area contributed by atoms with E-state index in [1.807, 2.05) is 63.2 Å². The van der Waals surface area contributed by atoms with Gasteiger partial charge in [0.15, 0.2) is 5.78 Å². The van der Waals surface area contributed by atoms with Gasteiger partial charge in [0.1, 0.15) is 0 Å². The second kappa shape index (κ2) is 5.10. The van der Waals surface area contributed by atoms with Crippen LogP contribution in [-0.2, 0) is 10.2 Å². The Kier molecular flexibility index (Phi) is 3.61. The molecule has 114 valence electrons. The van der Waals surface area contributed by atoms with Gasteiger partial charge in [0, 0.05) is 9.50 Å². The lowest BCUT2D eigenvalue weighted by molar-refractivity contribution is -0.126. The first-order valence-corrected chi connectivity index (χ1v) is 8.32. The summed E-state index contributed by atoms with van der Waals surface area (Å²) in [6.07, 6.45) is 0. The summed E-state index contributed by atoms with van der Waals surface area (Å²) in [5.74, 6) is 0.132. The number of hydrogen-bond donors (Lipinski definition) is 1. The van der Waals surface area contributed by atoms with Gasteiger partial charge in [-0.1, -0.05) is 41.9 Å². The molecule has 1 unspecified atom stereocenters. The van der Waals surface area contributed by atoms with E-state index < -0.39 is 11.0 Å². The van der Waals surface area contributed by atoms with E-state index in [0.717, 1.165) is 21.3 Å². The van der Waals surface area contributed by atoms with Gasteiger partial charge in [0.05, 0.1) is 16.6 Å². The number of carbonyl (C=O) groups is 1. The Labute approximate surface area is 144 Å². The van der Waals surface area contributed by atoms with Crippen molar-refractivity contribution in [2.24, 2.45) is 0 Å². The number of nitrogens with one attached hydrogen (secondary N) is 1. The largest absolute Gasteiger partial charge is 0.372 e. The maximum Gasteiger partial charge on any atom is 0.172 e. The number of hydrogen-bond acceptors (Lipinski definition) is 2. The van der Waals surface area contributed by atoms with Crippen molar-refractivity contribution < 1.29 is 4.79 Å². The van der Waals surface area contributed by atoms with Crippen LogP contribution in [0.3, 0.4) is 0 Å². The zero-order valence-corrected chi connectivity index (χ0v) is 15.0. The van der Waals surface area contributed by atoms with Crippen molar-refractivity contribution in [3.05, 3.63) is 63.1 Å². The van der Waals surface area contributed by atoms with Crippen molar-refractivity contribution in [3.8, 4) is 0 Å². The zero-order chi connectivity index (χ0) is 16.1. The lowest BCUT2D eigenvalue weighted by Gasteiger charge is -2.44. The first-order chi connectivity index (χ1) is 10.3. The van der Waals surface area contributed by atoms with Crippen molar-refractivity contribution >= 4 is 39.0 Å². The minimum absolute atomic E-state index is 0.132. The summed E-state index contributed by atoms with van der Waals surface area (Å²) in [6.45, 7) is 5.82. The van der Waals surface area contributed by atoms with Crippen LogP contribution in [0.5, 0.6) is 0 Å². The molecular formula is C18H17BrClNO. The Bertz CT molecular complexity index is 757. The second-order valence-electron chi connectivity index (χ2n) is 6.38. The predicted molar refractivity (Wildman–Crippen MR) is 94.8 cm³/mol. The van der Waals surface area contributed by atoms with Crippen molar-refractivity contribution in [2.45, 2.75) is 31.7 Å². The molecule has 2 nitrogen and oxygen atoms in total. The summed E-state index contributed by atoms with van der Waals surface area (Å²) in [7, 11) is 0. The monoisotopic (exact) mass is 377 g/mol. The minimum atomic E-state index is -0.737. The molecule has 0 aliphatic carbocycles. The highest BCUT2D eigenvalue weighted by Crippen LogP contribution is 2.48. The Hall–Kier alpha value is -1.32. The standard InChI is InChI=1S/C18H17BrClNO/c1-17(2)16(22)18(3,11-7-5-4-6-8-11)13-9-12(20)10-14(19)15(13)21-17/h4-10,21H,1-3H3. The lowest BCUT2D eigenvalue weighted by atomic mass is 9.65. The van der Waals surface area contributed by atoms with Gasteiger partial charge in [-0.15, -0.1) is 0 Å². The molecular weight excluding hydrogens is 362 g/mol. The quantitative estimate of drug-likeness (QED) is 0.740. The van der Waals surface area contributed by atoms with E-state index in [1.54, 1.807) is 0 Å². The molecule has 0 fully saturated rings. The number of fused-ring (bicyclic) bond motifs is 1. The normalized spacial score (nSPS) is 22.9. The fourth-order valence-corrected chi connectivity index (χ4v) is 4.18. The highest BCUT2D eigenvalue weighted by molar-refractivity contribution is 9.10. The molecule has 0 saturated carbocycles. The second-order valence-corrected chi connectivity index (χ2v) is 7.67. The highest BCUT2D eigenvalue weighted by Gasteiger charge is 2.50. The van der Waals surface area contributed by atoms with E-state index in [2.05, 4.69) is 21.2 Å². The predicted octanol–water partition coefficient (Wildman–Crippen LogP) is 5.18. The Morgan fingerprint density at radius 1 is 1.09 bits per heavy atom.